The number of carboxylic acids is 1. The third-order valence-corrected chi connectivity index (χ3v) is 6.35. The summed E-state index contributed by atoms with van der Waals surface area (Å²) in [5, 5.41) is 14.8. The zero-order valence-corrected chi connectivity index (χ0v) is 18.3. The van der Waals surface area contributed by atoms with Crippen molar-refractivity contribution in [3.8, 4) is 0 Å². The highest BCUT2D eigenvalue weighted by atomic mass is 32.1. The van der Waals surface area contributed by atoms with Gasteiger partial charge in [-0.25, -0.2) is 4.79 Å². The Morgan fingerprint density at radius 3 is 2.59 bits per heavy atom. The lowest BCUT2D eigenvalue weighted by Crippen LogP contribution is -2.42. The van der Waals surface area contributed by atoms with Crippen LogP contribution in [0.15, 0.2) is 12.2 Å². The van der Waals surface area contributed by atoms with Crippen molar-refractivity contribution in [1.29, 1.82) is 0 Å². The van der Waals surface area contributed by atoms with Crippen LogP contribution in [0, 0.1) is 11.8 Å². The van der Waals surface area contributed by atoms with Crippen LogP contribution in [0.2, 0.25) is 0 Å². The van der Waals surface area contributed by atoms with Crippen molar-refractivity contribution < 1.29 is 19.4 Å². The first-order chi connectivity index (χ1) is 14.0. The summed E-state index contributed by atoms with van der Waals surface area (Å²) in [4.78, 5) is 23.5. The number of carbonyl (C=O) groups excluding carboxylic acids is 1. The highest BCUT2D eigenvalue weighted by Crippen LogP contribution is 2.45. The number of thiocarbonyl (C=S) groups is 1. The van der Waals surface area contributed by atoms with E-state index in [0.717, 1.165) is 69.2 Å². The molecule has 0 aliphatic carbocycles. The molecule has 2 aliphatic rings. The van der Waals surface area contributed by atoms with Crippen molar-refractivity contribution in [2.45, 2.75) is 83.3 Å². The lowest BCUT2D eigenvalue weighted by atomic mass is 9.76. The lowest BCUT2D eigenvalue weighted by Gasteiger charge is -2.28. The molecular formula is C22H36N2O4S. The third kappa shape index (κ3) is 8.42. The van der Waals surface area contributed by atoms with Gasteiger partial charge >= 0.3 is 5.97 Å². The quantitative estimate of drug-likeness (QED) is 0.224. The summed E-state index contributed by atoms with van der Waals surface area (Å²) in [7, 11) is 0. The number of carboxylic acid groups (broad SMARTS) is 1. The molecule has 2 rings (SSSR count). The molecule has 2 saturated heterocycles. The predicted molar refractivity (Wildman–Crippen MR) is 118 cm³/mol. The number of nitrogens with one attached hydrogen (secondary N) is 2. The molecule has 0 saturated carbocycles. The average Bonchev–Trinajstić information content (AvgIpc) is 3.29. The fraction of sp³-hybridized carbons (Fsp3) is 0.773. The first kappa shape index (κ1) is 23.8. The van der Waals surface area contributed by atoms with Gasteiger partial charge in [0.15, 0.2) is 0 Å². The minimum Gasteiger partial charge on any atom is -0.478 e. The van der Waals surface area contributed by atoms with Crippen LogP contribution in [0.4, 0.5) is 0 Å². The summed E-state index contributed by atoms with van der Waals surface area (Å²) >= 11 is 5.28. The molecule has 164 valence electrons. The minimum atomic E-state index is -0.890. The molecule has 2 bridgehead atoms. The van der Waals surface area contributed by atoms with E-state index in [0.29, 0.717) is 24.5 Å². The molecule has 0 spiro atoms. The number of hydrogen-bond acceptors (Lipinski definition) is 4. The van der Waals surface area contributed by atoms with Gasteiger partial charge in [-0.1, -0.05) is 44.5 Å². The third-order valence-electron chi connectivity index (χ3n) is 6.00. The molecule has 3 N–H and O–H groups in total. The minimum absolute atomic E-state index is 0.0110. The summed E-state index contributed by atoms with van der Waals surface area (Å²) in [5.41, 5.74) is 0. The van der Waals surface area contributed by atoms with Crippen LogP contribution < -0.4 is 10.6 Å². The Labute approximate surface area is 179 Å². The molecule has 0 aromatic carbocycles. The maximum absolute atomic E-state index is 12.2. The van der Waals surface area contributed by atoms with Crippen LogP contribution >= 0.6 is 12.2 Å². The highest BCUT2D eigenvalue weighted by Gasteiger charge is 2.48. The van der Waals surface area contributed by atoms with Gasteiger partial charge in [-0.15, -0.1) is 0 Å². The standard InChI is InChI=1S/C22H36N2O4S/c1-2-3-6-10-21(29)24-15-20(25)23-14-17-16(18-12-13-19(17)28-18)9-7-4-5-8-11-22(26)27/h8,11,16-19H,2-7,9-10,12-15H2,1H3,(H,23,25)(H,24,29)(H,26,27)/b11-8+/t16-,17+,18-,19+/m1/s1. The van der Waals surface area contributed by atoms with Crippen molar-refractivity contribution >= 4 is 29.1 Å². The van der Waals surface area contributed by atoms with Gasteiger partial charge in [-0.05, 0) is 50.9 Å². The van der Waals surface area contributed by atoms with E-state index in [2.05, 4.69) is 17.6 Å². The van der Waals surface area contributed by atoms with E-state index in [1.807, 2.05) is 0 Å². The van der Waals surface area contributed by atoms with Crippen molar-refractivity contribution in [2.24, 2.45) is 11.8 Å². The maximum atomic E-state index is 12.2. The predicted octanol–water partition coefficient (Wildman–Crippen LogP) is 3.59. The molecular weight excluding hydrogens is 388 g/mol. The van der Waals surface area contributed by atoms with E-state index >= 15 is 0 Å². The molecule has 0 unspecified atom stereocenters. The Kier molecular flexibility index (Phi) is 10.6. The Bertz CT molecular complexity index is 581. The highest BCUT2D eigenvalue weighted by molar-refractivity contribution is 7.80. The molecule has 1 amide bonds. The normalized spacial score (nSPS) is 25.4. The molecule has 0 aromatic rings. The van der Waals surface area contributed by atoms with Gasteiger partial charge in [0, 0.05) is 18.5 Å². The van der Waals surface area contributed by atoms with Gasteiger partial charge in [0.2, 0.25) is 5.91 Å². The Balaban J connectivity index is 1.66. The molecule has 0 radical (unpaired) electrons. The van der Waals surface area contributed by atoms with E-state index in [-0.39, 0.29) is 18.6 Å². The Morgan fingerprint density at radius 1 is 1.10 bits per heavy atom. The first-order valence-electron chi connectivity index (χ1n) is 11.1. The first-order valence-corrected chi connectivity index (χ1v) is 11.5. The number of fused-ring (bicyclic) bond motifs is 2. The Morgan fingerprint density at radius 2 is 1.86 bits per heavy atom. The number of rotatable bonds is 14. The van der Waals surface area contributed by atoms with Crippen molar-refractivity contribution in [2.75, 3.05) is 13.1 Å². The zero-order valence-electron chi connectivity index (χ0n) is 17.5. The van der Waals surface area contributed by atoms with E-state index in [4.69, 9.17) is 22.1 Å². The smallest absolute Gasteiger partial charge is 0.327 e. The molecule has 4 atom stereocenters. The maximum Gasteiger partial charge on any atom is 0.327 e. The van der Waals surface area contributed by atoms with Crippen LogP contribution in [0.1, 0.15) is 71.1 Å². The molecule has 2 aliphatic heterocycles. The topological polar surface area (TPSA) is 87.7 Å². The molecule has 29 heavy (non-hydrogen) atoms. The summed E-state index contributed by atoms with van der Waals surface area (Å²) in [6, 6.07) is 0. The SMILES string of the molecule is CCCCCC(=S)NCC(=O)NC[C@H]1[C@@H](CCCC/C=C/C(=O)O)[C@H]2CC[C@@H]1O2. The monoisotopic (exact) mass is 424 g/mol. The van der Waals surface area contributed by atoms with Gasteiger partial charge in [-0.2, -0.15) is 0 Å². The lowest BCUT2D eigenvalue weighted by molar-refractivity contribution is -0.131. The summed E-state index contributed by atoms with van der Waals surface area (Å²) < 4.78 is 6.11. The van der Waals surface area contributed by atoms with Crippen molar-refractivity contribution in [3.63, 3.8) is 0 Å². The number of unbranched alkanes of at least 4 members (excludes halogenated alkanes) is 4. The van der Waals surface area contributed by atoms with Crippen LogP contribution in [0.25, 0.3) is 0 Å². The number of hydrogen-bond donors (Lipinski definition) is 3. The number of carbonyl (C=O) groups is 2. The van der Waals surface area contributed by atoms with Gasteiger partial charge in [0.25, 0.3) is 0 Å². The average molecular weight is 425 g/mol. The summed E-state index contributed by atoms with van der Waals surface area (Å²) in [5.74, 6) is -0.0361. The fourth-order valence-electron chi connectivity index (χ4n) is 4.48. The molecule has 2 fully saturated rings. The van der Waals surface area contributed by atoms with Crippen LogP contribution in [0.5, 0.6) is 0 Å². The molecule has 0 aromatic heterocycles. The number of aliphatic carboxylic acids is 1. The van der Waals surface area contributed by atoms with E-state index in [1.165, 1.54) is 6.08 Å². The second-order valence-corrected chi connectivity index (χ2v) is 8.67. The molecule has 7 heteroatoms. The van der Waals surface area contributed by atoms with Gasteiger partial charge < -0.3 is 20.5 Å². The number of ether oxygens (including phenoxy) is 1. The van der Waals surface area contributed by atoms with E-state index in [1.54, 1.807) is 6.08 Å². The number of allylic oxidation sites excluding steroid dienone is 1. The van der Waals surface area contributed by atoms with Crippen LogP contribution in [0.3, 0.4) is 0 Å². The molecule has 6 nitrogen and oxygen atoms in total. The van der Waals surface area contributed by atoms with Gasteiger partial charge in [0.1, 0.15) is 0 Å². The largest absolute Gasteiger partial charge is 0.478 e. The van der Waals surface area contributed by atoms with Crippen molar-refractivity contribution in [3.05, 3.63) is 12.2 Å². The molecule has 2 heterocycles. The summed E-state index contributed by atoms with van der Waals surface area (Å²) in [6.07, 6.45) is 13.9. The second kappa shape index (κ2) is 13.0. The summed E-state index contributed by atoms with van der Waals surface area (Å²) in [6.45, 7) is 3.06. The van der Waals surface area contributed by atoms with Crippen molar-refractivity contribution in [1.82, 2.24) is 10.6 Å². The van der Waals surface area contributed by atoms with Gasteiger partial charge in [-0.3, -0.25) is 4.79 Å². The number of amides is 1. The second-order valence-electron chi connectivity index (χ2n) is 8.18. The van der Waals surface area contributed by atoms with Crippen LogP contribution in [-0.2, 0) is 14.3 Å². The van der Waals surface area contributed by atoms with Crippen LogP contribution in [-0.4, -0.2) is 47.3 Å². The Hall–Kier alpha value is -1.47. The zero-order chi connectivity index (χ0) is 21.1. The fourth-order valence-corrected chi connectivity index (χ4v) is 4.69. The van der Waals surface area contributed by atoms with Gasteiger partial charge in [0.05, 0.1) is 23.7 Å². The van der Waals surface area contributed by atoms with E-state index in [9.17, 15) is 9.59 Å². The van der Waals surface area contributed by atoms with E-state index < -0.39 is 5.97 Å².